The van der Waals surface area contributed by atoms with Crippen molar-refractivity contribution in [3.63, 3.8) is 0 Å². The third-order valence-corrected chi connectivity index (χ3v) is 7.06. The van der Waals surface area contributed by atoms with Gasteiger partial charge in [-0.2, -0.15) is 0 Å². The average Bonchev–Trinajstić information content (AvgIpc) is 2.75. The number of piperidine rings is 1. The zero-order valence-electron chi connectivity index (χ0n) is 17.7. The Hall–Kier alpha value is -1.61. The zero-order valence-corrected chi connectivity index (χ0v) is 17.7. The highest BCUT2D eigenvalue weighted by Crippen LogP contribution is 2.30. The minimum atomic E-state index is 0.388. The summed E-state index contributed by atoms with van der Waals surface area (Å²) in [6.07, 6.45) is 10.7. The highest BCUT2D eigenvalue weighted by Gasteiger charge is 2.21. The fourth-order valence-corrected chi connectivity index (χ4v) is 4.94. The second-order valence-electron chi connectivity index (χ2n) is 8.95. The Kier molecular flexibility index (Phi) is 6.51. The van der Waals surface area contributed by atoms with Crippen LogP contribution in [-0.4, -0.2) is 29.1 Å². The Morgan fingerprint density at radius 3 is 2.32 bits per heavy atom. The summed E-state index contributed by atoms with van der Waals surface area (Å²) in [6, 6.07) is 10.8. The number of hydrogen-bond donors (Lipinski definition) is 0. The molecule has 2 aromatic rings. The van der Waals surface area contributed by atoms with Crippen LogP contribution in [0.1, 0.15) is 70.9 Å². The maximum Gasteiger partial charge on any atom is 0.120 e. The molecule has 3 nitrogen and oxygen atoms in total. The van der Waals surface area contributed by atoms with Crippen LogP contribution in [0.4, 0.5) is 0 Å². The summed E-state index contributed by atoms with van der Waals surface area (Å²) in [6.45, 7) is 8.03. The number of likely N-dealkylation sites (tertiary alicyclic amines) is 1. The molecule has 0 bridgehead atoms. The van der Waals surface area contributed by atoms with E-state index in [2.05, 4.69) is 49.1 Å². The van der Waals surface area contributed by atoms with Gasteiger partial charge in [0, 0.05) is 11.9 Å². The van der Waals surface area contributed by atoms with Gasteiger partial charge in [0.15, 0.2) is 0 Å². The molecule has 28 heavy (non-hydrogen) atoms. The topological polar surface area (TPSA) is 25.4 Å². The minimum Gasteiger partial charge on any atom is -0.490 e. The molecule has 0 atom stereocenters. The van der Waals surface area contributed by atoms with Crippen LogP contribution in [0.3, 0.4) is 0 Å². The van der Waals surface area contributed by atoms with E-state index >= 15 is 0 Å². The van der Waals surface area contributed by atoms with E-state index in [9.17, 15) is 0 Å². The molecule has 1 aromatic carbocycles. The average molecular weight is 381 g/mol. The Bertz CT molecular complexity index is 693. The first-order chi connectivity index (χ1) is 13.7. The lowest BCUT2D eigenvalue weighted by Gasteiger charge is -2.31. The first-order valence-electron chi connectivity index (χ1n) is 11.5. The van der Waals surface area contributed by atoms with E-state index in [1.54, 1.807) is 0 Å². The van der Waals surface area contributed by atoms with Gasteiger partial charge in [0.25, 0.3) is 0 Å². The first kappa shape index (κ1) is 19.7. The van der Waals surface area contributed by atoms with Gasteiger partial charge in [0.05, 0.1) is 17.3 Å². The Balaban J connectivity index is 1.36. The number of fused-ring (bicyclic) bond motifs is 1. The molecule has 1 aliphatic carbocycles. The first-order valence-corrected chi connectivity index (χ1v) is 11.5. The van der Waals surface area contributed by atoms with Gasteiger partial charge in [-0.05, 0) is 87.7 Å². The monoisotopic (exact) mass is 380 g/mol. The fourth-order valence-electron chi connectivity index (χ4n) is 4.94. The lowest BCUT2D eigenvalue weighted by molar-refractivity contribution is 0.130. The lowest BCUT2D eigenvalue weighted by Crippen LogP contribution is -2.33. The maximum atomic E-state index is 6.29. The van der Waals surface area contributed by atoms with Gasteiger partial charge in [0.1, 0.15) is 5.75 Å². The number of pyridine rings is 1. The minimum absolute atomic E-state index is 0.388. The summed E-state index contributed by atoms with van der Waals surface area (Å²) in [7, 11) is 0. The van der Waals surface area contributed by atoms with Gasteiger partial charge in [0.2, 0.25) is 0 Å². The third-order valence-electron chi connectivity index (χ3n) is 7.06. The SMILES string of the molecule is CCC1CCN(Cc2ccc3cc(O[C@H]4CC[C@@H](CC)CC4)ccc3n2)CC1. The van der Waals surface area contributed by atoms with Crippen molar-refractivity contribution >= 4 is 10.9 Å². The van der Waals surface area contributed by atoms with Gasteiger partial charge in [-0.1, -0.05) is 32.8 Å². The van der Waals surface area contributed by atoms with Gasteiger partial charge in [-0.3, -0.25) is 9.88 Å². The predicted octanol–water partition coefficient (Wildman–Crippen LogP) is 6.20. The van der Waals surface area contributed by atoms with Crippen molar-refractivity contribution < 1.29 is 4.74 Å². The molecule has 1 aliphatic heterocycles. The van der Waals surface area contributed by atoms with Gasteiger partial charge < -0.3 is 4.74 Å². The number of benzene rings is 1. The molecule has 3 heteroatoms. The standard InChI is InChI=1S/C25H36N2O/c1-3-19-5-9-23(10-6-19)28-24-11-12-25-21(17-24)7-8-22(26-25)18-27-15-13-20(4-2)14-16-27/h7-8,11-12,17,19-20,23H,3-6,9-10,13-16,18H2,1-2H3/t19-,23+. The van der Waals surface area contributed by atoms with Gasteiger partial charge in [-0.15, -0.1) is 0 Å². The number of nitrogens with zero attached hydrogens (tertiary/aromatic N) is 2. The second-order valence-corrected chi connectivity index (χ2v) is 8.95. The van der Waals surface area contributed by atoms with Crippen LogP contribution in [0.25, 0.3) is 10.9 Å². The van der Waals surface area contributed by atoms with Crippen molar-refractivity contribution in [2.45, 2.75) is 77.9 Å². The van der Waals surface area contributed by atoms with Crippen LogP contribution < -0.4 is 4.74 Å². The number of ether oxygens (including phenoxy) is 1. The molecular formula is C25H36N2O. The van der Waals surface area contributed by atoms with Crippen molar-refractivity contribution in [3.05, 3.63) is 36.0 Å². The summed E-state index contributed by atoms with van der Waals surface area (Å²) in [5, 5.41) is 1.19. The summed E-state index contributed by atoms with van der Waals surface area (Å²) in [5.41, 5.74) is 2.27. The molecular weight excluding hydrogens is 344 g/mol. The molecule has 0 amide bonds. The second kappa shape index (κ2) is 9.26. The van der Waals surface area contributed by atoms with Crippen molar-refractivity contribution in [1.29, 1.82) is 0 Å². The van der Waals surface area contributed by atoms with E-state index in [1.807, 2.05) is 0 Å². The molecule has 4 rings (SSSR count). The summed E-state index contributed by atoms with van der Waals surface area (Å²) >= 11 is 0. The summed E-state index contributed by atoms with van der Waals surface area (Å²) in [5.74, 6) is 2.84. The third kappa shape index (κ3) is 4.86. The Morgan fingerprint density at radius 2 is 1.61 bits per heavy atom. The molecule has 0 spiro atoms. The quantitative estimate of drug-likeness (QED) is 0.596. The van der Waals surface area contributed by atoms with Gasteiger partial charge >= 0.3 is 0 Å². The van der Waals surface area contributed by atoms with Crippen molar-refractivity contribution in [3.8, 4) is 5.75 Å². The van der Waals surface area contributed by atoms with E-state index in [4.69, 9.17) is 9.72 Å². The fraction of sp³-hybridized carbons (Fsp3) is 0.640. The number of aromatic nitrogens is 1. The molecule has 152 valence electrons. The number of hydrogen-bond acceptors (Lipinski definition) is 3. The molecule has 1 saturated carbocycles. The molecule has 0 radical (unpaired) electrons. The van der Waals surface area contributed by atoms with Crippen molar-refractivity contribution in [1.82, 2.24) is 9.88 Å². The van der Waals surface area contributed by atoms with E-state index in [1.165, 1.54) is 75.5 Å². The molecule has 2 heterocycles. The normalized spacial score (nSPS) is 24.5. The molecule has 2 fully saturated rings. The molecule has 0 N–H and O–H groups in total. The van der Waals surface area contributed by atoms with Crippen LogP contribution in [0, 0.1) is 11.8 Å². The van der Waals surface area contributed by atoms with E-state index in [0.717, 1.165) is 29.6 Å². The van der Waals surface area contributed by atoms with E-state index in [-0.39, 0.29) is 0 Å². The Labute approximate surface area is 170 Å². The summed E-state index contributed by atoms with van der Waals surface area (Å²) in [4.78, 5) is 7.48. The van der Waals surface area contributed by atoms with E-state index < -0.39 is 0 Å². The van der Waals surface area contributed by atoms with Crippen molar-refractivity contribution in [2.24, 2.45) is 11.8 Å². The lowest BCUT2D eigenvalue weighted by atomic mass is 9.86. The highest BCUT2D eigenvalue weighted by atomic mass is 16.5. The van der Waals surface area contributed by atoms with E-state index in [0.29, 0.717) is 6.10 Å². The number of rotatable bonds is 6. The smallest absolute Gasteiger partial charge is 0.120 e. The highest BCUT2D eigenvalue weighted by molar-refractivity contribution is 5.80. The maximum absolute atomic E-state index is 6.29. The molecule has 1 aromatic heterocycles. The molecule has 2 aliphatic rings. The van der Waals surface area contributed by atoms with Crippen LogP contribution in [-0.2, 0) is 6.54 Å². The van der Waals surface area contributed by atoms with Crippen molar-refractivity contribution in [2.75, 3.05) is 13.1 Å². The molecule has 1 saturated heterocycles. The van der Waals surface area contributed by atoms with Gasteiger partial charge in [-0.25, -0.2) is 0 Å². The van der Waals surface area contributed by atoms with Crippen LogP contribution in [0.2, 0.25) is 0 Å². The largest absolute Gasteiger partial charge is 0.490 e. The van der Waals surface area contributed by atoms with Crippen LogP contribution >= 0.6 is 0 Å². The van der Waals surface area contributed by atoms with Crippen LogP contribution in [0.15, 0.2) is 30.3 Å². The Morgan fingerprint density at radius 1 is 0.893 bits per heavy atom. The zero-order chi connectivity index (χ0) is 19.3. The van der Waals surface area contributed by atoms with Crippen LogP contribution in [0.5, 0.6) is 5.75 Å². The molecule has 0 unspecified atom stereocenters. The predicted molar refractivity (Wildman–Crippen MR) is 117 cm³/mol. The summed E-state index contributed by atoms with van der Waals surface area (Å²) < 4.78 is 6.29.